The Labute approximate surface area is 235 Å². The predicted molar refractivity (Wildman–Crippen MR) is 157 cm³/mol. The molecule has 5 rings (SSSR count). The maximum Gasteiger partial charge on any atom is 0.247 e. The van der Waals surface area contributed by atoms with Crippen LogP contribution in [0.4, 0.5) is 5.82 Å². The molecule has 2 aromatic heterocycles. The van der Waals surface area contributed by atoms with Crippen LogP contribution in [-0.4, -0.2) is 51.1 Å². The van der Waals surface area contributed by atoms with Crippen LogP contribution in [-0.2, 0) is 16.1 Å². The maximum atomic E-state index is 13.4. The molecule has 1 fully saturated rings. The fraction of sp³-hybridized carbons (Fsp3) is 0.312. The summed E-state index contributed by atoms with van der Waals surface area (Å²) >= 11 is 0. The number of carbonyl (C=O) groups excluding carboxylic acids is 2. The third-order valence-corrected chi connectivity index (χ3v) is 7.41. The number of nitrogens with zero attached hydrogens (tertiary/aromatic N) is 4. The topological polar surface area (TPSA) is 92.2 Å². The summed E-state index contributed by atoms with van der Waals surface area (Å²) in [6, 6.07) is 21.4. The van der Waals surface area contributed by atoms with E-state index in [1.807, 2.05) is 47.5 Å². The van der Waals surface area contributed by atoms with Crippen molar-refractivity contribution >= 4 is 17.6 Å². The van der Waals surface area contributed by atoms with Gasteiger partial charge in [0.05, 0.1) is 6.20 Å². The maximum absolute atomic E-state index is 13.4. The van der Waals surface area contributed by atoms with E-state index in [2.05, 4.69) is 58.8 Å². The van der Waals surface area contributed by atoms with Crippen molar-refractivity contribution in [1.82, 2.24) is 25.0 Å². The van der Waals surface area contributed by atoms with Crippen molar-refractivity contribution in [2.24, 2.45) is 0 Å². The highest BCUT2D eigenvalue weighted by atomic mass is 16.2. The van der Waals surface area contributed by atoms with Crippen LogP contribution in [0.25, 0.3) is 11.1 Å². The van der Waals surface area contributed by atoms with E-state index in [1.54, 1.807) is 23.1 Å². The average Bonchev–Trinajstić information content (AvgIpc) is 3.68. The van der Waals surface area contributed by atoms with Gasteiger partial charge in [0.25, 0.3) is 0 Å². The zero-order chi connectivity index (χ0) is 27.9. The van der Waals surface area contributed by atoms with Crippen LogP contribution in [0.2, 0.25) is 0 Å². The Morgan fingerprint density at radius 1 is 0.900 bits per heavy atom. The summed E-state index contributed by atoms with van der Waals surface area (Å²) in [5.41, 5.74) is 5.08. The van der Waals surface area contributed by atoms with Crippen LogP contribution in [0.3, 0.4) is 0 Å². The Morgan fingerprint density at radius 3 is 2.35 bits per heavy atom. The number of aryl methyl sites for hydroxylation is 1. The molecule has 0 bridgehead atoms. The van der Waals surface area contributed by atoms with Crippen LogP contribution >= 0.6 is 0 Å². The number of likely N-dealkylation sites (tertiary alicyclic amines) is 1. The fourth-order valence-electron chi connectivity index (χ4n) is 4.96. The number of anilines is 1. The van der Waals surface area contributed by atoms with Crippen LogP contribution in [0.5, 0.6) is 0 Å². The van der Waals surface area contributed by atoms with Crippen LogP contribution in [0.15, 0.2) is 85.3 Å². The van der Waals surface area contributed by atoms with Gasteiger partial charge in [-0.25, -0.2) is 4.98 Å². The van der Waals surface area contributed by atoms with Gasteiger partial charge in [0.1, 0.15) is 18.4 Å². The van der Waals surface area contributed by atoms with Gasteiger partial charge in [-0.2, -0.15) is 5.10 Å². The summed E-state index contributed by atoms with van der Waals surface area (Å²) in [7, 11) is 0. The molecule has 2 aromatic carbocycles. The summed E-state index contributed by atoms with van der Waals surface area (Å²) in [5.74, 6) is 0.636. The second kappa shape index (κ2) is 12.7. The number of amides is 2. The van der Waals surface area contributed by atoms with Crippen molar-refractivity contribution in [3.63, 3.8) is 0 Å². The monoisotopic (exact) mass is 536 g/mol. The van der Waals surface area contributed by atoms with Gasteiger partial charge < -0.3 is 15.5 Å². The molecule has 1 unspecified atom stereocenters. The first-order valence-corrected chi connectivity index (χ1v) is 13.9. The van der Waals surface area contributed by atoms with Gasteiger partial charge in [-0.3, -0.25) is 14.3 Å². The molecule has 2 amide bonds. The van der Waals surface area contributed by atoms with Gasteiger partial charge >= 0.3 is 0 Å². The molecule has 0 saturated carbocycles. The van der Waals surface area contributed by atoms with Crippen molar-refractivity contribution in [1.29, 1.82) is 0 Å². The second-order valence-electron chi connectivity index (χ2n) is 10.5. The van der Waals surface area contributed by atoms with E-state index in [0.29, 0.717) is 12.4 Å². The molecule has 2 N–H and O–H groups in total. The van der Waals surface area contributed by atoms with Gasteiger partial charge in [0.15, 0.2) is 0 Å². The minimum absolute atomic E-state index is 0.0955. The summed E-state index contributed by atoms with van der Waals surface area (Å²) < 4.78 is 1.67. The first-order chi connectivity index (χ1) is 19.5. The van der Waals surface area contributed by atoms with E-state index in [-0.39, 0.29) is 24.3 Å². The fourth-order valence-corrected chi connectivity index (χ4v) is 4.96. The van der Waals surface area contributed by atoms with Crippen molar-refractivity contribution in [2.75, 3.05) is 25.0 Å². The molecule has 4 aromatic rings. The summed E-state index contributed by atoms with van der Waals surface area (Å²) in [6.45, 7) is 6.77. The molecular weight excluding hydrogens is 500 g/mol. The molecule has 40 heavy (non-hydrogen) atoms. The van der Waals surface area contributed by atoms with Crippen LogP contribution < -0.4 is 10.6 Å². The number of nitrogens with one attached hydrogen (secondary N) is 2. The SMILES string of the molecule is Cc1ccc(C(C)CN[C@H](C(=O)Nc2ccc(-c3cnn(CC(=O)N4CCCC4)c3)cn2)c2ccccc2)cc1. The third kappa shape index (κ3) is 6.82. The van der Waals surface area contributed by atoms with E-state index in [0.717, 1.165) is 42.6 Å². The van der Waals surface area contributed by atoms with Gasteiger partial charge in [-0.1, -0.05) is 67.1 Å². The Kier molecular flexibility index (Phi) is 8.66. The van der Waals surface area contributed by atoms with E-state index in [4.69, 9.17) is 0 Å². The molecule has 1 aliphatic heterocycles. The van der Waals surface area contributed by atoms with Crippen molar-refractivity contribution in [3.8, 4) is 11.1 Å². The Hall–Kier alpha value is -4.30. The first kappa shape index (κ1) is 27.3. The minimum atomic E-state index is -0.526. The number of carbonyl (C=O) groups is 2. The standard InChI is InChI=1S/C32H36N6O2/c1-23-10-12-25(13-11-23)24(2)18-34-31(26-8-4-3-5-9-26)32(40)36-29-15-14-27(19-33-29)28-20-35-38(21-28)22-30(39)37-16-6-7-17-37/h3-5,8-15,19-21,24,31,34H,6-7,16-18,22H2,1-2H3,(H,33,36,40)/t24?,31-/m0/s1. The second-order valence-corrected chi connectivity index (χ2v) is 10.5. The lowest BCUT2D eigenvalue weighted by atomic mass is 9.98. The van der Waals surface area contributed by atoms with Crippen LogP contribution in [0, 0.1) is 6.92 Å². The van der Waals surface area contributed by atoms with E-state index in [9.17, 15) is 9.59 Å². The van der Waals surface area contributed by atoms with Crippen molar-refractivity contribution in [3.05, 3.63) is 102 Å². The first-order valence-electron chi connectivity index (χ1n) is 13.9. The lowest BCUT2D eigenvalue weighted by Crippen LogP contribution is -2.35. The van der Waals surface area contributed by atoms with Crippen molar-refractivity contribution < 1.29 is 9.59 Å². The molecule has 8 nitrogen and oxygen atoms in total. The van der Waals surface area contributed by atoms with Gasteiger partial charge in [-0.15, -0.1) is 0 Å². The molecule has 206 valence electrons. The largest absolute Gasteiger partial charge is 0.341 e. The molecule has 0 radical (unpaired) electrons. The Balaban J connectivity index is 1.22. The Bertz CT molecular complexity index is 1410. The highest BCUT2D eigenvalue weighted by Crippen LogP contribution is 2.22. The summed E-state index contributed by atoms with van der Waals surface area (Å²) in [5, 5.41) is 10.8. The molecule has 3 heterocycles. The Morgan fingerprint density at radius 2 is 1.65 bits per heavy atom. The smallest absolute Gasteiger partial charge is 0.247 e. The zero-order valence-corrected chi connectivity index (χ0v) is 23.1. The van der Waals surface area contributed by atoms with Crippen LogP contribution in [0.1, 0.15) is 48.4 Å². The van der Waals surface area contributed by atoms with E-state index < -0.39 is 6.04 Å². The van der Waals surface area contributed by atoms with E-state index >= 15 is 0 Å². The number of rotatable bonds is 10. The number of hydrogen-bond acceptors (Lipinski definition) is 5. The van der Waals surface area contributed by atoms with Gasteiger partial charge in [0, 0.05) is 43.2 Å². The quantitative estimate of drug-likeness (QED) is 0.299. The molecule has 0 spiro atoms. The highest BCUT2D eigenvalue weighted by molar-refractivity contribution is 5.95. The lowest BCUT2D eigenvalue weighted by Gasteiger charge is -2.21. The minimum Gasteiger partial charge on any atom is -0.341 e. The molecule has 2 atom stereocenters. The zero-order valence-electron chi connectivity index (χ0n) is 23.1. The number of hydrogen-bond donors (Lipinski definition) is 2. The van der Waals surface area contributed by atoms with Gasteiger partial charge in [-0.05, 0) is 48.9 Å². The molecular formula is C32H36N6O2. The molecule has 1 aliphatic rings. The lowest BCUT2D eigenvalue weighted by molar-refractivity contribution is -0.131. The number of benzene rings is 2. The number of aromatic nitrogens is 3. The van der Waals surface area contributed by atoms with E-state index in [1.165, 1.54) is 11.1 Å². The third-order valence-electron chi connectivity index (χ3n) is 7.41. The summed E-state index contributed by atoms with van der Waals surface area (Å²) in [6.07, 6.45) is 7.44. The molecule has 1 saturated heterocycles. The average molecular weight is 537 g/mol. The predicted octanol–water partition coefficient (Wildman–Crippen LogP) is 4.95. The normalized spacial score (nSPS) is 14.6. The molecule has 0 aliphatic carbocycles. The van der Waals surface area contributed by atoms with Crippen molar-refractivity contribution in [2.45, 2.75) is 45.2 Å². The van der Waals surface area contributed by atoms with Gasteiger partial charge in [0.2, 0.25) is 11.8 Å². The summed E-state index contributed by atoms with van der Waals surface area (Å²) in [4.78, 5) is 32.2. The molecule has 8 heteroatoms. The highest BCUT2D eigenvalue weighted by Gasteiger charge is 2.22. The number of pyridine rings is 1.